The maximum absolute atomic E-state index is 6.39. The van der Waals surface area contributed by atoms with Crippen molar-refractivity contribution in [1.29, 1.82) is 0 Å². The SMILES string of the molecule is C=C(CC)/C(Cl)=c1/ncnc(N(CC)CC)/c1=C/C. The van der Waals surface area contributed by atoms with Crippen LogP contribution in [0.1, 0.15) is 34.1 Å². The van der Waals surface area contributed by atoms with Crippen LogP contribution in [0.4, 0.5) is 5.82 Å². The molecule has 19 heavy (non-hydrogen) atoms. The molecule has 1 rings (SSSR count). The Morgan fingerprint density at radius 3 is 2.42 bits per heavy atom. The summed E-state index contributed by atoms with van der Waals surface area (Å²) in [6.07, 6.45) is 4.39. The van der Waals surface area contributed by atoms with Crippen molar-refractivity contribution in [3.63, 3.8) is 0 Å². The Bertz CT molecular complexity index is 559. The second-order valence-corrected chi connectivity index (χ2v) is 4.57. The maximum atomic E-state index is 6.39. The molecule has 104 valence electrons. The quantitative estimate of drug-likeness (QED) is 0.829. The molecule has 1 heterocycles. The molecule has 1 aromatic heterocycles. The Kier molecular flexibility index (Phi) is 6.03. The number of nitrogens with zero attached hydrogens (tertiary/aromatic N) is 3. The van der Waals surface area contributed by atoms with E-state index >= 15 is 0 Å². The standard InChI is InChI=1S/C15H22ClN3/c1-6-11(5)13(16)14-12(7-2)15(18-10-17-14)19(8-3)9-4/h7,10H,5-6,8-9H2,1-4H3/b12-7+,14-13-. The minimum absolute atomic E-state index is 0.631. The van der Waals surface area contributed by atoms with E-state index in [0.717, 1.165) is 41.5 Å². The first-order valence-corrected chi connectivity index (χ1v) is 7.08. The van der Waals surface area contributed by atoms with Gasteiger partial charge in [0.25, 0.3) is 0 Å². The number of hydrogen-bond acceptors (Lipinski definition) is 3. The second kappa shape index (κ2) is 7.29. The third-order valence-electron chi connectivity index (χ3n) is 3.16. The summed E-state index contributed by atoms with van der Waals surface area (Å²) in [5, 5.41) is 2.38. The van der Waals surface area contributed by atoms with Gasteiger partial charge >= 0.3 is 0 Å². The summed E-state index contributed by atoms with van der Waals surface area (Å²) in [7, 11) is 0. The first kappa shape index (κ1) is 15.7. The third kappa shape index (κ3) is 3.35. The minimum Gasteiger partial charge on any atom is -0.357 e. The Morgan fingerprint density at radius 1 is 1.32 bits per heavy atom. The van der Waals surface area contributed by atoms with Gasteiger partial charge in [0.15, 0.2) is 0 Å². The highest BCUT2D eigenvalue weighted by Gasteiger charge is 2.09. The molecule has 0 unspecified atom stereocenters. The van der Waals surface area contributed by atoms with Crippen LogP contribution < -0.4 is 15.5 Å². The van der Waals surface area contributed by atoms with E-state index in [0.29, 0.717) is 5.03 Å². The fraction of sp³-hybridized carbons (Fsp3) is 0.467. The average Bonchev–Trinajstić information content (AvgIpc) is 2.46. The Labute approximate surface area is 120 Å². The monoisotopic (exact) mass is 279 g/mol. The Balaban J connectivity index is 3.63. The number of allylic oxidation sites excluding steroid dienone is 1. The molecule has 0 aliphatic carbocycles. The maximum Gasteiger partial charge on any atom is 0.139 e. The van der Waals surface area contributed by atoms with Crippen LogP contribution in [-0.2, 0) is 0 Å². The molecular weight excluding hydrogens is 258 g/mol. The van der Waals surface area contributed by atoms with Crippen LogP contribution in [0.15, 0.2) is 18.5 Å². The van der Waals surface area contributed by atoms with Crippen LogP contribution in [0.2, 0.25) is 0 Å². The molecule has 0 spiro atoms. The molecule has 0 N–H and O–H groups in total. The largest absolute Gasteiger partial charge is 0.357 e. The summed E-state index contributed by atoms with van der Waals surface area (Å²) in [5.74, 6) is 0.930. The smallest absolute Gasteiger partial charge is 0.139 e. The van der Waals surface area contributed by atoms with Crippen molar-refractivity contribution in [2.24, 2.45) is 0 Å². The number of hydrogen-bond donors (Lipinski definition) is 0. The molecule has 1 aromatic rings. The van der Waals surface area contributed by atoms with Gasteiger partial charge in [0, 0.05) is 18.3 Å². The minimum atomic E-state index is 0.631. The average molecular weight is 280 g/mol. The summed E-state index contributed by atoms with van der Waals surface area (Å²) in [6, 6.07) is 0. The lowest BCUT2D eigenvalue weighted by Gasteiger charge is -2.20. The van der Waals surface area contributed by atoms with Crippen LogP contribution in [0.5, 0.6) is 0 Å². The molecule has 3 nitrogen and oxygen atoms in total. The van der Waals surface area contributed by atoms with E-state index in [1.165, 1.54) is 0 Å². The lowest BCUT2D eigenvalue weighted by molar-refractivity contribution is 0.832. The first-order valence-electron chi connectivity index (χ1n) is 6.70. The molecule has 4 heteroatoms. The highest BCUT2D eigenvalue weighted by atomic mass is 35.5. The van der Waals surface area contributed by atoms with E-state index in [1.54, 1.807) is 6.33 Å². The van der Waals surface area contributed by atoms with E-state index in [1.807, 2.05) is 19.9 Å². The van der Waals surface area contributed by atoms with Crippen molar-refractivity contribution in [1.82, 2.24) is 9.97 Å². The van der Waals surface area contributed by atoms with E-state index in [4.69, 9.17) is 11.6 Å². The predicted molar refractivity (Wildman–Crippen MR) is 83.7 cm³/mol. The summed E-state index contributed by atoms with van der Waals surface area (Å²) in [6.45, 7) is 14.0. The molecule has 0 aliphatic rings. The molecule has 0 amide bonds. The summed E-state index contributed by atoms with van der Waals surface area (Å²) in [4.78, 5) is 10.9. The highest BCUT2D eigenvalue weighted by Crippen LogP contribution is 2.14. The van der Waals surface area contributed by atoms with Crippen LogP contribution in [0.25, 0.3) is 11.1 Å². The number of rotatable bonds is 5. The lowest BCUT2D eigenvalue weighted by Crippen LogP contribution is -2.38. The van der Waals surface area contributed by atoms with E-state index in [9.17, 15) is 0 Å². The normalized spacial score (nSPS) is 13.4. The predicted octanol–water partition coefficient (Wildman–Crippen LogP) is 2.44. The fourth-order valence-corrected chi connectivity index (χ4v) is 2.21. The van der Waals surface area contributed by atoms with Crippen molar-refractivity contribution in [2.45, 2.75) is 34.1 Å². The second-order valence-electron chi connectivity index (χ2n) is 4.19. The molecular formula is C15H22ClN3. The van der Waals surface area contributed by atoms with Crippen molar-refractivity contribution in [3.05, 3.63) is 29.0 Å². The fourth-order valence-electron chi connectivity index (χ4n) is 1.92. The van der Waals surface area contributed by atoms with E-state index < -0.39 is 0 Å². The number of halogens is 1. The Morgan fingerprint density at radius 2 is 1.95 bits per heavy atom. The van der Waals surface area contributed by atoms with Crippen LogP contribution >= 0.6 is 11.6 Å². The first-order chi connectivity index (χ1) is 9.10. The Hall–Kier alpha value is -1.35. The van der Waals surface area contributed by atoms with Crippen molar-refractivity contribution < 1.29 is 0 Å². The summed E-state index contributed by atoms with van der Waals surface area (Å²) in [5.41, 5.74) is 0.897. The molecule has 0 atom stereocenters. The highest BCUT2D eigenvalue weighted by molar-refractivity contribution is 6.48. The molecule has 0 aliphatic heterocycles. The van der Waals surface area contributed by atoms with Crippen molar-refractivity contribution in [2.75, 3.05) is 18.0 Å². The van der Waals surface area contributed by atoms with Crippen LogP contribution in [0.3, 0.4) is 0 Å². The van der Waals surface area contributed by atoms with Crippen molar-refractivity contribution in [3.8, 4) is 0 Å². The van der Waals surface area contributed by atoms with Crippen LogP contribution in [0, 0.1) is 0 Å². The van der Waals surface area contributed by atoms with Crippen molar-refractivity contribution >= 4 is 28.5 Å². The van der Waals surface area contributed by atoms with Gasteiger partial charge in [-0.2, -0.15) is 0 Å². The van der Waals surface area contributed by atoms with Gasteiger partial charge in [-0.05, 0) is 32.8 Å². The molecule has 0 bridgehead atoms. The number of anilines is 1. The van der Waals surface area contributed by atoms with Gasteiger partial charge in [0.05, 0.1) is 10.4 Å². The van der Waals surface area contributed by atoms with Gasteiger partial charge in [-0.25, -0.2) is 9.97 Å². The molecule has 0 fully saturated rings. The van der Waals surface area contributed by atoms with E-state index in [2.05, 4.69) is 35.3 Å². The zero-order valence-electron chi connectivity index (χ0n) is 12.2. The molecule has 0 saturated heterocycles. The van der Waals surface area contributed by atoms with Gasteiger partial charge in [0.1, 0.15) is 12.1 Å². The van der Waals surface area contributed by atoms with Crippen LogP contribution in [-0.4, -0.2) is 23.1 Å². The third-order valence-corrected chi connectivity index (χ3v) is 3.61. The lowest BCUT2D eigenvalue weighted by atomic mass is 10.2. The summed E-state index contributed by atoms with van der Waals surface area (Å²) < 4.78 is 0. The number of aromatic nitrogens is 2. The van der Waals surface area contributed by atoms with Gasteiger partial charge < -0.3 is 4.90 Å². The molecule has 0 radical (unpaired) electrons. The van der Waals surface area contributed by atoms with Gasteiger partial charge in [-0.1, -0.05) is 31.2 Å². The van der Waals surface area contributed by atoms with Gasteiger partial charge in [-0.3, -0.25) is 0 Å². The zero-order chi connectivity index (χ0) is 14.4. The molecule has 0 aromatic carbocycles. The van der Waals surface area contributed by atoms with Gasteiger partial charge in [-0.15, -0.1) is 0 Å². The zero-order valence-corrected chi connectivity index (χ0v) is 13.0. The topological polar surface area (TPSA) is 29.0 Å². The molecule has 0 saturated carbocycles. The van der Waals surface area contributed by atoms with Gasteiger partial charge in [0.2, 0.25) is 0 Å². The van der Waals surface area contributed by atoms with E-state index in [-0.39, 0.29) is 0 Å². The summed E-state index contributed by atoms with van der Waals surface area (Å²) >= 11 is 6.39.